The summed E-state index contributed by atoms with van der Waals surface area (Å²) in [6, 6.07) is 17.1. The van der Waals surface area contributed by atoms with E-state index in [0.717, 1.165) is 16.8 Å². The van der Waals surface area contributed by atoms with Gasteiger partial charge in [-0.05, 0) is 29.3 Å². The van der Waals surface area contributed by atoms with Gasteiger partial charge < -0.3 is 0 Å². The van der Waals surface area contributed by atoms with Crippen LogP contribution in [0, 0.1) is 0 Å². The Morgan fingerprint density at radius 2 is 1.86 bits per heavy atom. The maximum absolute atomic E-state index is 11.4. The van der Waals surface area contributed by atoms with Crippen molar-refractivity contribution in [3.63, 3.8) is 0 Å². The summed E-state index contributed by atoms with van der Waals surface area (Å²) in [5.41, 5.74) is 2.57. The van der Waals surface area contributed by atoms with Gasteiger partial charge in [-0.15, -0.1) is 16.7 Å². The van der Waals surface area contributed by atoms with Gasteiger partial charge in [0.2, 0.25) is 5.82 Å². The lowest BCUT2D eigenvalue weighted by molar-refractivity contribution is 0.107. The number of carbonyl (C=O) groups is 1. The number of hydrogen-bond donors (Lipinski definition) is 0. The summed E-state index contributed by atoms with van der Waals surface area (Å²) >= 11 is 11.4. The van der Waals surface area contributed by atoms with Gasteiger partial charge in [-0.2, -0.15) is 0 Å². The molecule has 3 aromatic rings. The normalized spacial score (nSPS) is 10.6. The quantitative estimate of drug-likeness (QED) is 0.535. The van der Waals surface area contributed by atoms with Gasteiger partial charge in [0.15, 0.2) is 5.82 Å². The Hall–Kier alpha value is -2.17. The summed E-state index contributed by atoms with van der Waals surface area (Å²) in [7, 11) is 0. The van der Waals surface area contributed by atoms with Gasteiger partial charge >= 0.3 is 0 Å². The molecule has 4 nitrogen and oxygen atoms in total. The van der Waals surface area contributed by atoms with E-state index in [2.05, 4.69) is 10.1 Å². The van der Waals surface area contributed by atoms with Crippen molar-refractivity contribution in [2.75, 3.05) is 0 Å². The molecule has 0 spiro atoms. The maximum atomic E-state index is 11.4. The fourth-order valence-corrected chi connectivity index (χ4v) is 2.37. The van der Waals surface area contributed by atoms with E-state index in [9.17, 15) is 4.79 Å². The Balaban J connectivity index is 2.19. The van der Waals surface area contributed by atoms with E-state index in [1.165, 1.54) is 0 Å². The molecule has 110 valence electrons. The van der Waals surface area contributed by atoms with Crippen LogP contribution in [0.5, 0.6) is 0 Å². The summed E-state index contributed by atoms with van der Waals surface area (Å²) in [6.45, 7) is 0. The van der Waals surface area contributed by atoms with Gasteiger partial charge in [-0.1, -0.05) is 42.5 Å². The van der Waals surface area contributed by atoms with Gasteiger partial charge in [0.05, 0.1) is 5.69 Å². The van der Waals surface area contributed by atoms with Gasteiger partial charge in [-0.3, -0.25) is 4.79 Å². The Morgan fingerprint density at radius 1 is 1.09 bits per heavy atom. The molecule has 1 heterocycles. The average molecular weight is 332 g/mol. The fraction of sp³-hybridized carbons (Fsp3) is 0.0625. The van der Waals surface area contributed by atoms with Gasteiger partial charge in [0.25, 0.3) is 5.24 Å². The van der Waals surface area contributed by atoms with Crippen molar-refractivity contribution in [2.24, 2.45) is 0 Å². The molecule has 1 aromatic heterocycles. The first-order valence-electron chi connectivity index (χ1n) is 6.56. The molecule has 0 bridgehead atoms. The highest BCUT2D eigenvalue weighted by Gasteiger charge is 2.17. The van der Waals surface area contributed by atoms with E-state index < -0.39 is 5.24 Å². The van der Waals surface area contributed by atoms with E-state index in [1.54, 1.807) is 4.68 Å². The zero-order chi connectivity index (χ0) is 15.5. The van der Waals surface area contributed by atoms with Crippen molar-refractivity contribution >= 4 is 28.4 Å². The van der Waals surface area contributed by atoms with Crippen LogP contribution < -0.4 is 0 Å². The summed E-state index contributed by atoms with van der Waals surface area (Å²) in [5, 5.41) is 3.52. The number of halogens is 2. The third kappa shape index (κ3) is 2.89. The summed E-state index contributed by atoms with van der Waals surface area (Å²) in [4.78, 5) is 15.7. The molecule has 0 radical (unpaired) electrons. The van der Waals surface area contributed by atoms with Crippen molar-refractivity contribution in [1.82, 2.24) is 14.8 Å². The molecule has 0 N–H and O–H groups in total. The Morgan fingerprint density at radius 3 is 2.55 bits per heavy atom. The Kier molecular flexibility index (Phi) is 4.22. The molecule has 3 rings (SSSR count). The van der Waals surface area contributed by atoms with Crippen LogP contribution in [0.2, 0.25) is 0 Å². The van der Waals surface area contributed by atoms with Crippen LogP contribution in [0.4, 0.5) is 0 Å². The standard InChI is InChI=1S/C16H11Cl2N3O/c17-10-11-5-4-8-13(9-11)21-16(12-6-2-1-3-7-12)19-15(20-21)14(18)22/h1-9H,10H2. The van der Waals surface area contributed by atoms with Crippen LogP contribution in [0.25, 0.3) is 17.1 Å². The van der Waals surface area contributed by atoms with Crippen LogP contribution in [0.1, 0.15) is 16.2 Å². The lowest BCUT2D eigenvalue weighted by Crippen LogP contribution is -2.01. The van der Waals surface area contributed by atoms with Crippen LogP contribution in [-0.2, 0) is 5.88 Å². The van der Waals surface area contributed by atoms with Crippen LogP contribution in [0.3, 0.4) is 0 Å². The Labute approximate surface area is 137 Å². The molecule has 22 heavy (non-hydrogen) atoms. The topological polar surface area (TPSA) is 47.8 Å². The maximum Gasteiger partial charge on any atom is 0.291 e. The van der Waals surface area contributed by atoms with Crippen molar-refractivity contribution in [3.05, 3.63) is 66.0 Å². The number of alkyl halides is 1. The average Bonchev–Trinajstić information content (AvgIpc) is 3.01. The lowest BCUT2D eigenvalue weighted by atomic mass is 10.2. The van der Waals surface area contributed by atoms with E-state index >= 15 is 0 Å². The molecule has 2 aromatic carbocycles. The van der Waals surface area contributed by atoms with Gasteiger partial charge in [0.1, 0.15) is 0 Å². The first kappa shape index (κ1) is 14.8. The second-order valence-corrected chi connectivity index (χ2v) is 5.22. The van der Waals surface area contributed by atoms with Gasteiger partial charge in [-0.25, -0.2) is 9.67 Å². The van der Waals surface area contributed by atoms with Crippen molar-refractivity contribution < 1.29 is 4.79 Å². The lowest BCUT2D eigenvalue weighted by Gasteiger charge is -2.07. The number of benzene rings is 2. The minimum absolute atomic E-state index is 0.0307. The van der Waals surface area contributed by atoms with Crippen LogP contribution in [0.15, 0.2) is 54.6 Å². The fourth-order valence-electron chi connectivity index (χ4n) is 2.12. The minimum Gasteiger partial charge on any atom is -0.272 e. The number of nitrogens with zero attached hydrogens (tertiary/aromatic N) is 3. The number of carbonyl (C=O) groups excluding carboxylic acids is 1. The predicted molar refractivity (Wildman–Crippen MR) is 86.5 cm³/mol. The molecule has 0 atom stereocenters. The molecule has 6 heteroatoms. The Bertz CT molecular complexity index is 815. The molecular weight excluding hydrogens is 321 g/mol. The number of aromatic nitrogens is 3. The smallest absolute Gasteiger partial charge is 0.272 e. The third-order valence-electron chi connectivity index (χ3n) is 3.12. The zero-order valence-electron chi connectivity index (χ0n) is 11.4. The second-order valence-electron chi connectivity index (χ2n) is 4.61. The van der Waals surface area contributed by atoms with E-state index in [-0.39, 0.29) is 5.82 Å². The van der Waals surface area contributed by atoms with Crippen molar-refractivity contribution in [2.45, 2.75) is 5.88 Å². The summed E-state index contributed by atoms with van der Waals surface area (Å²) in [5.74, 6) is 0.915. The van der Waals surface area contributed by atoms with E-state index in [4.69, 9.17) is 23.2 Å². The first-order valence-corrected chi connectivity index (χ1v) is 7.48. The zero-order valence-corrected chi connectivity index (χ0v) is 12.9. The van der Waals surface area contributed by atoms with E-state index in [0.29, 0.717) is 11.7 Å². The highest BCUT2D eigenvalue weighted by molar-refractivity contribution is 6.67. The number of rotatable bonds is 4. The molecular formula is C16H11Cl2N3O. The minimum atomic E-state index is -0.690. The molecule has 0 aliphatic carbocycles. The molecule has 0 saturated heterocycles. The molecule has 0 amide bonds. The molecule has 0 saturated carbocycles. The first-order chi connectivity index (χ1) is 10.7. The third-order valence-corrected chi connectivity index (χ3v) is 3.60. The molecule has 0 aliphatic rings. The SMILES string of the molecule is O=C(Cl)c1nc(-c2ccccc2)n(-c2cccc(CCl)c2)n1. The van der Waals surface area contributed by atoms with Crippen molar-refractivity contribution in [3.8, 4) is 17.1 Å². The largest absolute Gasteiger partial charge is 0.291 e. The van der Waals surface area contributed by atoms with Gasteiger partial charge in [0, 0.05) is 11.4 Å². The molecule has 0 fully saturated rings. The highest BCUT2D eigenvalue weighted by Crippen LogP contribution is 2.22. The number of hydrogen-bond acceptors (Lipinski definition) is 3. The molecule has 0 aliphatic heterocycles. The van der Waals surface area contributed by atoms with E-state index in [1.807, 2.05) is 54.6 Å². The summed E-state index contributed by atoms with van der Waals surface area (Å²) in [6.07, 6.45) is 0. The predicted octanol–water partition coefficient (Wildman–Crippen LogP) is 4.05. The van der Waals surface area contributed by atoms with Crippen LogP contribution in [-0.4, -0.2) is 20.0 Å². The van der Waals surface area contributed by atoms with Crippen LogP contribution >= 0.6 is 23.2 Å². The molecule has 0 unspecified atom stereocenters. The second kappa shape index (κ2) is 6.30. The van der Waals surface area contributed by atoms with Crippen molar-refractivity contribution in [1.29, 1.82) is 0 Å². The monoisotopic (exact) mass is 331 g/mol. The highest BCUT2D eigenvalue weighted by atomic mass is 35.5. The summed E-state index contributed by atoms with van der Waals surface area (Å²) < 4.78 is 1.60.